The molecule has 0 saturated carbocycles. The van der Waals surface area contributed by atoms with E-state index in [0.29, 0.717) is 11.5 Å². The van der Waals surface area contributed by atoms with E-state index in [0.717, 1.165) is 42.2 Å². The molecule has 0 spiro atoms. The highest BCUT2D eigenvalue weighted by atomic mass is 19.1. The lowest BCUT2D eigenvalue weighted by Gasteiger charge is -2.23. The van der Waals surface area contributed by atoms with Gasteiger partial charge < -0.3 is 24.1 Å². The van der Waals surface area contributed by atoms with Crippen molar-refractivity contribution >= 4 is 23.4 Å². The lowest BCUT2D eigenvalue weighted by Crippen LogP contribution is -2.24. The van der Waals surface area contributed by atoms with Gasteiger partial charge in [-0.15, -0.1) is 0 Å². The lowest BCUT2D eigenvalue weighted by molar-refractivity contribution is 0.0356. The Morgan fingerprint density at radius 1 is 1.29 bits per heavy atom. The molecule has 1 N–H and O–H groups in total. The quantitative estimate of drug-likeness (QED) is 0.470. The molecule has 1 aromatic heterocycles. The second-order valence-electron chi connectivity index (χ2n) is 7.54. The number of benzene rings is 1. The lowest BCUT2D eigenvalue weighted by atomic mass is 9.92. The number of halogens is 1. The standard InChI is InChI=1S/C24H32FN3O3/c1-6-7-19-20-15-18(31-13-12-25)9-10-21(20)28(3)24(19)27-16(2)26-17-8-11-22(29-4)23(14-17)30-5/h6-8,11,14,18H,9-10,12-13,15H2,1-5H3,(H,26,27)/b7-6-. The number of allylic oxidation sites excluding steroid dienone is 1. The molecule has 0 bridgehead atoms. The summed E-state index contributed by atoms with van der Waals surface area (Å²) in [4.78, 5) is 4.91. The predicted molar refractivity (Wildman–Crippen MR) is 124 cm³/mol. The third-order valence-corrected chi connectivity index (χ3v) is 5.52. The molecule has 1 aliphatic carbocycles. The van der Waals surface area contributed by atoms with Crippen LogP contribution in [0.3, 0.4) is 0 Å². The third-order valence-electron chi connectivity index (χ3n) is 5.52. The molecule has 7 heteroatoms. The molecule has 1 unspecified atom stereocenters. The van der Waals surface area contributed by atoms with Gasteiger partial charge in [0.1, 0.15) is 18.3 Å². The van der Waals surface area contributed by atoms with Crippen molar-refractivity contribution in [2.24, 2.45) is 12.0 Å². The molecule has 6 nitrogen and oxygen atoms in total. The molecule has 31 heavy (non-hydrogen) atoms. The minimum atomic E-state index is -0.448. The average Bonchev–Trinajstić information content (AvgIpc) is 3.03. The molecular formula is C24H32FN3O3. The highest BCUT2D eigenvalue weighted by Crippen LogP contribution is 2.36. The maximum absolute atomic E-state index is 12.5. The van der Waals surface area contributed by atoms with Gasteiger partial charge in [0.2, 0.25) is 0 Å². The number of aromatic nitrogens is 1. The fourth-order valence-corrected chi connectivity index (χ4v) is 4.12. The second kappa shape index (κ2) is 10.5. The summed E-state index contributed by atoms with van der Waals surface area (Å²) < 4.78 is 31.1. The molecule has 0 radical (unpaired) electrons. The molecule has 1 aromatic carbocycles. The van der Waals surface area contributed by atoms with E-state index in [9.17, 15) is 4.39 Å². The summed E-state index contributed by atoms with van der Waals surface area (Å²) >= 11 is 0. The molecule has 0 amide bonds. The number of nitrogens with zero attached hydrogens (tertiary/aromatic N) is 2. The van der Waals surface area contributed by atoms with Crippen LogP contribution in [-0.2, 0) is 24.6 Å². The SMILES string of the molecule is C/C=C\c1c2c(n(C)c1/N=C(\C)Nc1ccc(OC)c(OC)c1)CCC(OCCF)C2. The highest BCUT2D eigenvalue weighted by Gasteiger charge is 2.27. The number of aliphatic imine (C=N–C) groups is 1. The van der Waals surface area contributed by atoms with Gasteiger partial charge in [0.25, 0.3) is 0 Å². The van der Waals surface area contributed by atoms with E-state index in [1.165, 1.54) is 11.3 Å². The first kappa shape index (κ1) is 22.9. The number of rotatable bonds is 8. The Bertz CT molecular complexity index is 965. The summed E-state index contributed by atoms with van der Waals surface area (Å²) in [6.07, 6.45) is 6.74. The van der Waals surface area contributed by atoms with Crippen molar-refractivity contribution in [1.82, 2.24) is 4.57 Å². The number of alkyl halides is 1. The van der Waals surface area contributed by atoms with Crippen LogP contribution in [0.15, 0.2) is 29.3 Å². The Kier molecular flexibility index (Phi) is 7.74. The molecule has 0 fully saturated rings. The summed E-state index contributed by atoms with van der Waals surface area (Å²) in [5.74, 6) is 3.00. The van der Waals surface area contributed by atoms with Crippen LogP contribution in [0.2, 0.25) is 0 Å². The van der Waals surface area contributed by atoms with E-state index in [1.807, 2.05) is 38.1 Å². The van der Waals surface area contributed by atoms with Crippen LogP contribution in [0.1, 0.15) is 37.1 Å². The largest absolute Gasteiger partial charge is 0.493 e. The van der Waals surface area contributed by atoms with Gasteiger partial charge in [-0.3, -0.25) is 0 Å². The van der Waals surface area contributed by atoms with Crippen molar-refractivity contribution in [1.29, 1.82) is 0 Å². The van der Waals surface area contributed by atoms with Crippen LogP contribution < -0.4 is 14.8 Å². The van der Waals surface area contributed by atoms with Gasteiger partial charge in [0, 0.05) is 36.5 Å². The van der Waals surface area contributed by atoms with Crippen molar-refractivity contribution < 1.29 is 18.6 Å². The van der Waals surface area contributed by atoms with Gasteiger partial charge in [0.15, 0.2) is 11.5 Å². The van der Waals surface area contributed by atoms with E-state index < -0.39 is 6.67 Å². The number of hydrogen-bond donors (Lipinski definition) is 1. The van der Waals surface area contributed by atoms with Gasteiger partial charge in [-0.1, -0.05) is 12.2 Å². The predicted octanol–water partition coefficient (Wildman–Crippen LogP) is 5.08. The van der Waals surface area contributed by atoms with E-state index >= 15 is 0 Å². The molecule has 168 valence electrons. The van der Waals surface area contributed by atoms with Gasteiger partial charge in [-0.2, -0.15) is 0 Å². The van der Waals surface area contributed by atoms with E-state index in [-0.39, 0.29) is 12.7 Å². The van der Waals surface area contributed by atoms with Crippen molar-refractivity contribution in [3.63, 3.8) is 0 Å². The Morgan fingerprint density at radius 2 is 2.06 bits per heavy atom. The number of methoxy groups -OCH3 is 2. The third kappa shape index (κ3) is 5.10. The molecule has 1 aliphatic rings. The Hall–Kier alpha value is -2.80. The van der Waals surface area contributed by atoms with Gasteiger partial charge in [0.05, 0.1) is 26.9 Å². The fourth-order valence-electron chi connectivity index (χ4n) is 4.12. The Morgan fingerprint density at radius 3 is 2.74 bits per heavy atom. The number of fused-ring (bicyclic) bond motifs is 1. The molecule has 2 aromatic rings. The maximum Gasteiger partial charge on any atom is 0.162 e. The maximum atomic E-state index is 12.5. The van der Waals surface area contributed by atoms with Gasteiger partial charge in [-0.25, -0.2) is 9.38 Å². The van der Waals surface area contributed by atoms with Gasteiger partial charge in [-0.05, 0) is 44.4 Å². The smallest absolute Gasteiger partial charge is 0.162 e. The number of ether oxygens (including phenoxy) is 3. The summed E-state index contributed by atoms with van der Waals surface area (Å²) in [5, 5.41) is 3.34. The first-order chi connectivity index (χ1) is 15.0. The highest BCUT2D eigenvalue weighted by molar-refractivity contribution is 5.96. The zero-order valence-corrected chi connectivity index (χ0v) is 19.0. The fraction of sp³-hybridized carbons (Fsp3) is 0.458. The number of hydrogen-bond acceptors (Lipinski definition) is 4. The van der Waals surface area contributed by atoms with E-state index in [4.69, 9.17) is 19.2 Å². The van der Waals surface area contributed by atoms with E-state index in [1.54, 1.807) is 14.2 Å². The van der Waals surface area contributed by atoms with Crippen molar-refractivity contribution in [3.8, 4) is 11.5 Å². The first-order valence-corrected chi connectivity index (χ1v) is 10.6. The second-order valence-corrected chi connectivity index (χ2v) is 7.54. The summed E-state index contributed by atoms with van der Waals surface area (Å²) in [5.41, 5.74) is 4.48. The first-order valence-electron chi connectivity index (χ1n) is 10.6. The molecule has 0 aliphatic heterocycles. The summed E-state index contributed by atoms with van der Waals surface area (Å²) in [6, 6.07) is 5.67. The van der Waals surface area contributed by atoms with Crippen LogP contribution in [0.25, 0.3) is 6.08 Å². The molecule has 3 rings (SSSR count). The van der Waals surface area contributed by atoms with Crippen LogP contribution in [0.4, 0.5) is 15.9 Å². The van der Waals surface area contributed by atoms with Crippen LogP contribution in [-0.4, -0.2) is 44.0 Å². The van der Waals surface area contributed by atoms with Crippen LogP contribution >= 0.6 is 0 Å². The zero-order valence-electron chi connectivity index (χ0n) is 19.0. The van der Waals surface area contributed by atoms with Crippen LogP contribution in [0.5, 0.6) is 11.5 Å². The minimum absolute atomic E-state index is 0.0532. The van der Waals surface area contributed by atoms with Gasteiger partial charge >= 0.3 is 0 Å². The van der Waals surface area contributed by atoms with Crippen molar-refractivity contribution in [2.45, 2.75) is 39.2 Å². The molecule has 1 atom stereocenters. The number of amidine groups is 1. The minimum Gasteiger partial charge on any atom is -0.493 e. The topological polar surface area (TPSA) is 57.0 Å². The van der Waals surface area contributed by atoms with E-state index in [2.05, 4.69) is 23.0 Å². The normalized spacial score (nSPS) is 16.5. The summed E-state index contributed by atoms with van der Waals surface area (Å²) in [7, 11) is 5.28. The molecular weight excluding hydrogens is 397 g/mol. The molecule has 1 heterocycles. The number of anilines is 1. The van der Waals surface area contributed by atoms with Crippen molar-refractivity contribution in [2.75, 3.05) is 32.8 Å². The molecule has 0 saturated heterocycles. The average molecular weight is 430 g/mol. The summed E-state index contributed by atoms with van der Waals surface area (Å²) in [6.45, 7) is 3.65. The van der Waals surface area contributed by atoms with Crippen LogP contribution in [0, 0.1) is 0 Å². The number of nitrogens with one attached hydrogen (secondary N) is 1. The monoisotopic (exact) mass is 429 g/mol. The Balaban J connectivity index is 1.90. The Labute approximate surface area is 183 Å². The van der Waals surface area contributed by atoms with Crippen molar-refractivity contribution in [3.05, 3.63) is 41.1 Å². The zero-order chi connectivity index (χ0) is 22.4.